The molecule has 1 rings (SSSR count). The van der Waals surface area contributed by atoms with E-state index in [2.05, 4.69) is 33.1 Å². The van der Waals surface area contributed by atoms with Crippen LogP contribution in [0.3, 0.4) is 0 Å². The van der Waals surface area contributed by atoms with Crippen LogP contribution < -0.4 is 4.74 Å². The Kier molecular flexibility index (Phi) is 4.63. The third kappa shape index (κ3) is 3.25. The predicted molar refractivity (Wildman–Crippen MR) is 74.0 cm³/mol. The molecule has 0 heterocycles. The Morgan fingerprint density at radius 1 is 1.35 bits per heavy atom. The van der Waals surface area contributed by atoms with E-state index < -0.39 is 0 Å². The van der Waals surface area contributed by atoms with E-state index in [0.29, 0.717) is 12.2 Å². The van der Waals surface area contributed by atoms with Gasteiger partial charge in [0.15, 0.2) is 0 Å². The van der Waals surface area contributed by atoms with Crippen molar-refractivity contribution in [2.24, 2.45) is 0 Å². The topological polar surface area (TPSA) is 26.3 Å². The molecule has 0 unspecified atom stereocenters. The number of carbonyl (C=O) groups excluding carboxylic acids is 1. The van der Waals surface area contributed by atoms with Crippen LogP contribution in [0.4, 0.5) is 0 Å². The minimum absolute atomic E-state index is 0.00442. The van der Waals surface area contributed by atoms with Crippen LogP contribution in [-0.4, -0.2) is 18.5 Å². The van der Waals surface area contributed by atoms with Crippen molar-refractivity contribution in [2.45, 2.75) is 33.1 Å². The quantitative estimate of drug-likeness (QED) is 0.750. The second-order valence-corrected chi connectivity index (χ2v) is 5.85. The van der Waals surface area contributed by atoms with Gasteiger partial charge >= 0.3 is 0 Å². The molecule has 3 heteroatoms. The average Bonchev–Trinajstić information content (AvgIpc) is 2.15. The van der Waals surface area contributed by atoms with Gasteiger partial charge in [0.1, 0.15) is 5.75 Å². The van der Waals surface area contributed by atoms with Gasteiger partial charge in [-0.1, -0.05) is 19.9 Å². The number of hydrogen-bond acceptors (Lipinski definition) is 3. The van der Waals surface area contributed by atoms with Crippen LogP contribution in [0.15, 0.2) is 12.1 Å². The number of rotatable bonds is 5. The molecule has 0 aromatic heterocycles. The minimum Gasteiger partial charge on any atom is -0.428 e. The first-order valence-electron chi connectivity index (χ1n) is 5.63. The highest BCUT2D eigenvalue weighted by Crippen LogP contribution is 2.37. The van der Waals surface area contributed by atoms with Crippen molar-refractivity contribution in [1.29, 1.82) is 0 Å². The van der Waals surface area contributed by atoms with Crippen LogP contribution in [0.25, 0.3) is 0 Å². The van der Waals surface area contributed by atoms with E-state index in [1.165, 1.54) is 5.56 Å². The van der Waals surface area contributed by atoms with Gasteiger partial charge in [-0.2, -0.15) is 11.8 Å². The van der Waals surface area contributed by atoms with E-state index in [1.54, 1.807) is 11.8 Å². The molecule has 0 N–H and O–H groups in total. The molecule has 17 heavy (non-hydrogen) atoms. The highest BCUT2D eigenvalue weighted by molar-refractivity contribution is 7.98. The Morgan fingerprint density at radius 3 is 2.53 bits per heavy atom. The van der Waals surface area contributed by atoms with Gasteiger partial charge in [0.25, 0.3) is 6.47 Å². The fourth-order valence-corrected chi connectivity index (χ4v) is 3.24. The zero-order valence-corrected chi connectivity index (χ0v) is 12.0. The lowest BCUT2D eigenvalue weighted by atomic mass is 9.82. The first-order chi connectivity index (χ1) is 7.92. The van der Waals surface area contributed by atoms with Gasteiger partial charge in [0.05, 0.1) is 0 Å². The van der Waals surface area contributed by atoms with Crippen LogP contribution in [-0.2, 0) is 10.2 Å². The molecule has 0 atom stereocenters. The number of thioether (sulfide) groups is 1. The highest BCUT2D eigenvalue weighted by atomic mass is 32.2. The molecule has 0 bridgehead atoms. The molecule has 0 fully saturated rings. The van der Waals surface area contributed by atoms with Crippen molar-refractivity contribution in [2.75, 3.05) is 12.0 Å². The zero-order chi connectivity index (χ0) is 13.1. The lowest BCUT2D eigenvalue weighted by Crippen LogP contribution is -2.23. The number of carbonyl (C=O) groups is 1. The average molecular weight is 252 g/mol. The Balaban J connectivity index is 3.33. The molecule has 1 aromatic carbocycles. The zero-order valence-electron chi connectivity index (χ0n) is 11.2. The third-order valence-electron chi connectivity index (χ3n) is 2.80. The van der Waals surface area contributed by atoms with E-state index in [0.717, 1.165) is 16.9 Å². The van der Waals surface area contributed by atoms with E-state index in [1.807, 2.05) is 13.0 Å². The van der Waals surface area contributed by atoms with Crippen molar-refractivity contribution >= 4 is 18.2 Å². The highest BCUT2D eigenvalue weighted by Gasteiger charge is 2.26. The standard InChI is InChI=1S/C14H20O2S/c1-10-6-11(2)13(12(7-10)16-9-15)14(3,4)8-17-5/h6-7,9H,8H2,1-5H3. The Labute approximate surface area is 108 Å². The van der Waals surface area contributed by atoms with Crippen molar-refractivity contribution in [3.8, 4) is 5.75 Å². The van der Waals surface area contributed by atoms with E-state index in [-0.39, 0.29) is 5.41 Å². The summed E-state index contributed by atoms with van der Waals surface area (Å²) in [5.74, 6) is 1.68. The van der Waals surface area contributed by atoms with E-state index in [4.69, 9.17) is 4.74 Å². The van der Waals surface area contributed by atoms with Crippen molar-refractivity contribution in [1.82, 2.24) is 0 Å². The van der Waals surface area contributed by atoms with Gasteiger partial charge in [-0.15, -0.1) is 0 Å². The molecule has 0 spiro atoms. The number of hydrogen-bond donors (Lipinski definition) is 0. The lowest BCUT2D eigenvalue weighted by Gasteiger charge is -2.28. The summed E-state index contributed by atoms with van der Waals surface area (Å²) < 4.78 is 5.14. The summed E-state index contributed by atoms with van der Waals surface area (Å²) in [6.07, 6.45) is 2.09. The van der Waals surface area contributed by atoms with E-state index in [9.17, 15) is 4.79 Å². The van der Waals surface area contributed by atoms with Gasteiger partial charge < -0.3 is 4.74 Å². The van der Waals surface area contributed by atoms with Crippen molar-refractivity contribution < 1.29 is 9.53 Å². The van der Waals surface area contributed by atoms with Crippen molar-refractivity contribution in [3.63, 3.8) is 0 Å². The van der Waals surface area contributed by atoms with Gasteiger partial charge in [0, 0.05) is 16.7 Å². The maximum absolute atomic E-state index is 10.6. The summed E-state index contributed by atoms with van der Waals surface area (Å²) >= 11 is 1.80. The first kappa shape index (κ1) is 14.1. The molecule has 0 aliphatic carbocycles. The number of benzene rings is 1. The normalized spacial score (nSPS) is 11.4. The second-order valence-electron chi connectivity index (χ2n) is 4.99. The summed E-state index contributed by atoms with van der Waals surface area (Å²) in [7, 11) is 0. The Bertz CT molecular complexity index is 411. The summed E-state index contributed by atoms with van der Waals surface area (Å²) in [4.78, 5) is 10.6. The van der Waals surface area contributed by atoms with Crippen molar-refractivity contribution in [3.05, 3.63) is 28.8 Å². The molecular weight excluding hydrogens is 232 g/mol. The Morgan fingerprint density at radius 2 is 2.00 bits per heavy atom. The van der Waals surface area contributed by atoms with Gasteiger partial charge in [0.2, 0.25) is 0 Å². The SMILES string of the molecule is CSCC(C)(C)c1c(C)cc(C)cc1OC=O. The minimum atomic E-state index is -0.00442. The first-order valence-corrected chi connectivity index (χ1v) is 7.02. The summed E-state index contributed by atoms with van der Waals surface area (Å²) in [6, 6.07) is 4.06. The lowest BCUT2D eigenvalue weighted by molar-refractivity contribution is -0.120. The van der Waals surface area contributed by atoms with Gasteiger partial charge in [-0.25, -0.2) is 0 Å². The van der Waals surface area contributed by atoms with Gasteiger partial charge in [-0.3, -0.25) is 4.79 Å². The maximum Gasteiger partial charge on any atom is 0.298 e. The molecule has 0 aliphatic heterocycles. The molecule has 94 valence electrons. The largest absolute Gasteiger partial charge is 0.428 e. The van der Waals surface area contributed by atoms with Crippen LogP contribution in [0.1, 0.15) is 30.5 Å². The summed E-state index contributed by atoms with van der Waals surface area (Å²) in [6.45, 7) is 8.95. The Hall–Kier alpha value is -0.960. The molecule has 0 saturated heterocycles. The van der Waals surface area contributed by atoms with Crippen LogP contribution in [0.2, 0.25) is 0 Å². The molecular formula is C14H20O2S. The fourth-order valence-electron chi connectivity index (χ4n) is 2.37. The van der Waals surface area contributed by atoms with Crippen LogP contribution >= 0.6 is 11.8 Å². The van der Waals surface area contributed by atoms with E-state index >= 15 is 0 Å². The molecule has 0 amide bonds. The fraction of sp³-hybridized carbons (Fsp3) is 0.500. The number of aryl methyl sites for hydroxylation is 2. The summed E-state index contributed by atoms with van der Waals surface area (Å²) in [5, 5.41) is 0. The molecule has 2 nitrogen and oxygen atoms in total. The number of ether oxygens (including phenoxy) is 1. The molecule has 0 aliphatic rings. The summed E-state index contributed by atoms with van der Waals surface area (Å²) in [5.41, 5.74) is 3.42. The predicted octanol–water partition coefficient (Wildman–Crippen LogP) is 3.48. The molecule has 1 aromatic rings. The van der Waals surface area contributed by atoms with Crippen LogP contribution in [0.5, 0.6) is 5.75 Å². The third-order valence-corrected chi connectivity index (χ3v) is 3.81. The van der Waals surface area contributed by atoms with Gasteiger partial charge in [-0.05, 0) is 37.3 Å². The van der Waals surface area contributed by atoms with Crippen LogP contribution in [0, 0.1) is 13.8 Å². The molecule has 0 radical (unpaired) electrons. The monoisotopic (exact) mass is 252 g/mol. The maximum atomic E-state index is 10.6. The smallest absolute Gasteiger partial charge is 0.298 e. The molecule has 0 saturated carbocycles. The second kappa shape index (κ2) is 5.58.